The first-order chi connectivity index (χ1) is 19.8. The van der Waals surface area contributed by atoms with Crippen molar-refractivity contribution < 1.29 is 34.3 Å². The van der Waals surface area contributed by atoms with E-state index in [2.05, 4.69) is 40.7 Å². The molecule has 0 unspecified atom stereocenters. The Hall–Kier alpha value is -1.25. The summed E-state index contributed by atoms with van der Waals surface area (Å²) in [6.45, 7) is 18.8. The Kier molecular flexibility index (Phi) is 8.42. The lowest BCUT2D eigenvalue weighted by molar-refractivity contribution is -0.285. The first kappa shape index (κ1) is 33.1. The molecular formula is C36H58O7. The normalized spacial score (nSPS) is 47.5. The van der Waals surface area contributed by atoms with Crippen LogP contribution in [-0.4, -0.2) is 64.7 Å². The Bertz CT molecular complexity index is 1150. The number of allylic oxidation sites excluding steroid dienone is 2. The molecule has 1 heterocycles. The minimum absolute atomic E-state index is 0.0102. The summed E-state index contributed by atoms with van der Waals surface area (Å²) >= 11 is 0. The number of rotatable bonds is 5. The van der Waals surface area contributed by atoms with Crippen molar-refractivity contribution in [2.24, 2.45) is 45.3 Å². The molecule has 3 N–H and O–H groups in total. The van der Waals surface area contributed by atoms with Gasteiger partial charge in [0.15, 0.2) is 6.29 Å². The Labute approximate surface area is 259 Å². The van der Waals surface area contributed by atoms with Gasteiger partial charge in [0, 0.05) is 29.9 Å². The van der Waals surface area contributed by atoms with Gasteiger partial charge < -0.3 is 29.5 Å². The van der Waals surface area contributed by atoms with Crippen LogP contribution in [0.1, 0.15) is 107 Å². The van der Waals surface area contributed by atoms with Crippen LogP contribution >= 0.6 is 0 Å². The number of esters is 1. The molecule has 4 aliphatic carbocycles. The van der Waals surface area contributed by atoms with E-state index in [1.54, 1.807) is 27.0 Å². The first-order valence-corrected chi connectivity index (χ1v) is 16.6. The van der Waals surface area contributed by atoms with Crippen LogP contribution in [0.15, 0.2) is 23.3 Å². The lowest BCUT2D eigenvalue weighted by Gasteiger charge is -2.68. The average molecular weight is 603 g/mol. The standard InChI is InChI=1S/C36H58O7/c1-20(2)17-29(39)42-28-14-16-35(8)25-13-15-34(7)22(21-18-23(37)30(33(5,6)40)43-31(21)41-10)11-12-24(34)36(25,9)27(38)19-26(35)32(28,3)4/h12,17,21-23,25-28,30-31,37-38,40H,11,13-16,18-19H2,1-10H3/t21-,22-,23+,25+,26-,27+,28+,30-,31-,34-,35+,36-/m0/s1. The molecule has 12 atom stereocenters. The summed E-state index contributed by atoms with van der Waals surface area (Å²) in [6.07, 6.45) is 7.20. The molecule has 43 heavy (non-hydrogen) atoms. The highest BCUT2D eigenvalue weighted by molar-refractivity contribution is 5.82. The van der Waals surface area contributed by atoms with Gasteiger partial charge in [0.05, 0.1) is 17.8 Å². The molecule has 1 aliphatic heterocycles. The molecule has 0 spiro atoms. The van der Waals surface area contributed by atoms with E-state index in [0.717, 1.165) is 37.7 Å². The summed E-state index contributed by atoms with van der Waals surface area (Å²) in [6, 6.07) is 0. The topological polar surface area (TPSA) is 105 Å². The third-order valence-electron chi connectivity index (χ3n) is 13.3. The summed E-state index contributed by atoms with van der Waals surface area (Å²) in [7, 11) is 1.65. The van der Waals surface area contributed by atoms with Crippen molar-refractivity contribution in [1.82, 2.24) is 0 Å². The predicted octanol–water partition coefficient (Wildman–Crippen LogP) is 5.95. The van der Waals surface area contributed by atoms with Crippen molar-refractivity contribution >= 4 is 5.97 Å². The number of methoxy groups -OCH3 is 1. The Balaban J connectivity index is 1.42. The van der Waals surface area contributed by atoms with Gasteiger partial charge in [0.2, 0.25) is 0 Å². The highest BCUT2D eigenvalue weighted by Crippen LogP contribution is 2.73. The molecule has 7 heteroatoms. The second kappa shape index (κ2) is 10.9. The fourth-order valence-electron chi connectivity index (χ4n) is 11.3. The van der Waals surface area contributed by atoms with E-state index in [4.69, 9.17) is 14.2 Å². The van der Waals surface area contributed by atoms with E-state index >= 15 is 0 Å². The summed E-state index contributed by atoms with van der Waals surface area (Å²) < 4.78 is 18.2. The van der Waals surface area contributed by atoms with Crippen molar-refractivity contribution in [3.63, 3.8) is 0 Å². The number of aliphatic hydroxyl groups excluding tert-OH is 2. The molecule has 0 aromatic rings. The first-order valence-electron chi connectivity index (χ1n) is 16.6. The quantitative estimate of drug-likeness (QED) is 0.203. The Morgan fingerprint density at radius 3 is 2.33 bits per heavy atom. The maximum Gasteiger partial charge on any atom is 0.330 e. The fourth-order valence-corrected chi connectivity index (χ4v) is 11.3. The van der Waals surface area contributed by atoms with E-state index in [1.165, 1.54) is 5.57 Å². The SMILES string of the molecule is CO[C@H]1O[C@H](C(C)(C)O)[C@H](O)C[C@H]1[C@@H]1CC=C2[C@]3(C)[C@H](O)C[C@H]4C(C)(C)[C@H](OC(=O)C=C(C)C)CC[C@]4(C)[C@H]3CC[C@]21C. The minimum Gasteiger partial charge on any atom is -0.459 e. The number of hydrogen-bond donors (Lipinski definition) is 3. The van der Waals surface area contributed by atoms with Crippen LogP contribution in [0.3, 0.4) is 0 Å². The third-order valence-corrected chi connectivity index (χ3v) is 13.3. The van der Waals surface area contributed by atoms with Crippen molar-refractivity contribution in [3.05, 3.63) is 23.3 Å². The van der Waals surface area contributed by atoms with Crippen molar-refractivity contribution in [2.45, 2.75) is 144 Å². The predicted molar refractivity (Wildman–Crippen MR) is 166 cm³/mol. The smallest absolute Gasteiger partial charge is 0.330 e. The molecule has 4 fully saturated rings. The zero-order valence-electron chi connectivity index (χ0n) is 28.3. The van der Waals surface area contributed by atoms with Gasteiger partial charge in [0.25, 0.3) is 0 Å². The lowest BCUT2D eigenvalue weighted by Crippen LogP contribution is -2.66. The average Bonchev–Trinajstić information content (AvgIpc) is 3.24. The molecule has 0 radical (unpaired) electrons. The van der Waals surface area contributed by atoms with Crippen LogP contribution in [0, 0.1) is 45.3 Å². The minimum atomic E-state index is -1.18. The van der Waals surface area contributed by atoms with E-state index in [1.807, 2.05) is 13.8 Å². The Morgan fingerprint density at radius 2 is 1.72 bits per heavy atom. The van der Waals surface area contributed by atoms with Crippen LogP contribution in [0.5, 0.6) is 0 Å². The van der Waals surface area contributed by atoms with Crippen LogP contribution in [0.4, 0.5) is 0 Å². The van der Waals surface area contributed by atoms with Gasteiger partial charge in [-0.2, -0.15) is 0 Å². The largest absolute Gasteiger partial charge is 0.459 e. The van der Waals surface area contributed by atoms with Gasteiger partial charge >= 0.3 is 5.97 Å². The molecule has 0 bridgehead atoms. The highest BCUT2D eigenvalue weighted by atomic mass is 16.7. The van der Waals surface area contributed by atoms with E-state index in [9.17, 15) is 20.1 Å². The number of carbonyl (C=O) groups excluding carboxylic acids is 1. The van der Waals surface area contributed by atoms with Gasteiger partial charge in [-0.05, 0) is 101 Å². The summed E-state index contributed by atoms with van der Waals surface area (Å²) in [5.41, 5.74) is 0.378. The maximum atomic E-state index is 12.6. The summed E-state index contributed by atoms with van der Waals surface area (Å²) in [5.74, 6) is 0.463. The second-order valence-electron chi connectivity index (χ2n) is 16.8. The third kappa shape index (κ3) is 5.08. The molecule has 1 saturated heterocycles. The highest BCUT2D eigenvalue weighted by Gasteiger charge is 2.69. The van der Waals surface area contributed by atoms with Gasteiger partial charge in [0.1, 0.15) is 12.2 Å². The van der Waals surface area contributed by atoms with Gasteiger partial charge in [-0.1, -0.05) is 51.8 Å². The zero-order chi connectivity index (χ0) is 31.9. The van der Waals surface area contributed by atoms with E-state index in [0.29, 0.717) is 18.8 Å². The molecule has 244 valence electrons. The molecule has 3 saturated carbocycles. The summed E-state index contributed by atoms with van der Waals surface area (Å²) in [4.78, 5) is 12.6. The van der Waals surface area contributed by atoms with Gasteiger partial charge in [-0.3, -0.25) is 0 Å². The van der Waals surface area contributed by atoms with Gasteiger partial charge in [-0.25, -0.2) is 4.79 Å². The van der Waals surface area contributed by atoms with Crippen LogP contribution in [0.2, 0.25) is 0 Å². The van der Waals surface area contributed by atoms with E-state index in [-0.39, 0.29) is 51.5 Å². The molecule has 5 aliphatic rings. The van der Waals surface area contributed by atoms with Crippen molar-refractivity contribution in [1.29, 1.82) is 0 Å². The molecule has 0 aromatic carbocycles. The number of carbonyl (C=O) groups is 1. The lowest BCUT2D eigenvalue weighted by atomic mass is 9.37. The van der Waals surface area contributed by atoms with Crippen LogP contribution < -0.4 is 0 Å². The molecular weight excluding hydrogens is 544 g/mol. The van der Waals surface area contributed by atoms with Gasteiger partial charge in [-0.15, -0.1) is 0 Å². The number of hydrogen-bond acceptors (Lipinski definition) is 7. The number of aliphatic hydroxyl groups is 3. The van der Waals surface area contributed by atoms with Crippen LogP contribution in [0.25, 0.3) is 0 Å². The summed E-state index contributed by atoms with van der Waals surface area (Å²) in [5, 5.41) is 33.9. The molecule has 0 aromatic heterocycles. The van der Waals surface area contributed by atoms with E-state index < -0.39 is 30.2 Å². The Morgan fingerprint density at radius 1 is 1.05 bits per heavy atom. The number of fused-ring (bicyclic) bond motifs is 5. The second-order valence-corrected chi connectivity index (χ2v) is 16.8. The van der Waals surface area contributed by atoms with Crippen molar-refractivity contribution in [2.75, 3.05) is 7.11 Å². The van der Waals surface area contributed by atoms with Crippen molar-refractivity contribution in [3.8, 4) is 0 Å². The molecule has 0 amide bonds. The zero-order valence-corrected chi connectivity index (χ0v) is 28.3. The number of ether oxygens (including phenoxy) is 3. The molecule has 5 rings (SSSR count). The fraction of sp³-hybridized carbons (Fsp3) is 0.861. The maximum absolute atomic E-state index is 12.6. The van der Waals surface area contributed by atoms with Crippen LogP contribution in [-0.2, 0) is 19.0 Å². The molecule has 7 nitrogen and oxygen atoms in total. The monoisotopic (exact) mass is 602 g/mol.